The van der Waals surface area contributed by atoms with Crippen molar-refractivity contribution in [3.05, 3.63) is 40.2 Å². The quantitative estimate of drug-likeness (QED) is 0.496. The number of hydrogen-bond donors (Lipinski definition) is 1. The lowest BCUT2D eigenvalue weighted by molar-refractivity contribution is -0.132. The van der Waals surface area contributed by atoms with Crippen LogP contribution in [-0.4, -0.2) is 49.6 Å². The fraction of sp³-hybridized carbons (Fsp3) is 0.455. The average molecular weight is 435 g/mol. The number of likely N-dealkylation sites (tertiary alicyclic amines) is 1. The summed E-state index contributed by atoms with van der Waals surface area (Å²) in [6.07, 6.45) is 5.60. The van der Waals surface area contributed by atoms with Crippen molar-refractivity contribution in [3.63, 3.8) is 0 Å². The summed E-state index contributed by atoms with van der Waals surface area (Å²) in [7, 11) is 0. The summed E-state index contributed by atoms with van der Waals surface area (Å²) >= 11 is 8.01. The molecule has 1 aromatic heterocycles. The molecule has 1 N–H and O–H groups in total. The smallest absolute Gasteiger partial charge is 0.246 e. The lowest BCUT2D eigenvalue weighted by Gasteiger charge is -2.30. The van der Waals surface area contributed by atoms with Crippen molar-refractivity contribution in [2.75, 3.05) is 32.8 Å². The van der Waals surface area contributed by atoms with Crippen LogP contribution in [0.1, 0.15) is 31.1 Å². The van der Waals surface area contributed by atoms with Crippen molar-refractivity contribution in [1.82, 2.24) is 10.2 Å². The van der Waals surface area contributed by atoms with Crippen molar-refractivity contribution in [2.24, 2.45) is 5.92 Å². The third-order valence-electron chi connectivity index (χ3n) is 5.08. The third-order valence-corrected chi connectivity index (χ3v) is 6.74. The fourth-order valence-electron chi connectivity index (χ4n) is 3.43. The lowest BCUT2D eigenvalue weighted by atomic mass is 9.96. The third kappa shape index (κ3) is 5.81. The number of hydrogen-bond acceptors (Lipinski definition) is 4. The van der Waals surface area contributed by atoms with E-state index < -0.39 is 0 Å². The van der Waals surface area contributed by atoms with Crippen LogP contribution in [0.15, 0.2) is 30.3 Å². The summed E-state index contributed by atoms with van der Waals surface area (Å²) < 4.78 is 6.38. The maximum absolute atomic E-state index is 12.5. The molecule has 1 aliphatic heterocycles. The highest BCUT2D eigenvalue weighted by atomic mass is 35.5. The van der Waals surface area contributed by atoms with E-state index in [1.165, 1.54) is 0 Å². The Kier molecular flexibility index (Phi) is 8.09. The molecule has 0 spiro atoms. The number of thiophene rings is 1. The van der Waals surface area contributed by atoms with E-state index in [9.17, 15) is 9.59 Å². The van der Waals surface area contributed by atoms with Gasteiger partial charge in [-0.15, -0.1) is 11.3 Å². The number of amides is 2. The molecular weight excluding hydrogens is 408 g/mol. The van der Waals surface area contributed by atoms with Gasteiger partial charge in [-0.05, 0) is 38.3 Å². The van der Waals surface area contributed by atoms with E-state index in [1.54, 1.807) is 28.4 Å². The first-order valence-electron chi connectivity index (χ1n) is 10.1. The molecule has 2 aromatic rings. The van der Waals surface area contributed by atoms with E-state index in [0.29, 0.717) is 50.7 Å². The van der Waals surface area contributed by atoms with E-state index in [0.717, 1.165) is 21.4 Å². The van der Waals surface area contributed by atoms with Crippen LogP contribution in [0.4, 0.5) is 0 Å². The van der Waals surface area contributed by atoms with Gasteiger partial charge in [0.1, 0.15) is 0 Å². The number of halogens is 1. The van der Waals surface area contributed by atoms with E-state index in [2.05, 4.69) is 5.32 Å². The van der Waals surface area contributed by atoms with Gasteiger partial charge in [-0.3, -0.25) is 9.59 Å². The maximum atomic E-state index is 12.5. The Bertz CT molecular complexity index is 872. The zero-order valence-electron chi connectivity index (χ0n) is 16.7. The SMILES string of the molecule is CCOCCCNC(=O)C1CCN(C(=O)C=Cc2sc3ccccc3c2Cl)CC1. The van der Waals surface area contributed by atoms with E-state index >= 15 is 0 Å². The molecule has 0 aliphatic carbocycles. The number of fused-ring (bicyclic) bond motifs is 1. The second-order valence-electron chi connectivity index (χ2n) is 7.05. The molecule has 0 bridgehead atoms. The molecule has 1 aliphatic rings. The summed E-state index contributed by atoms with van der Waals surface area (Å²) in [5.41, 5.74) is 0. The van der Waals surface area contributed by atoms with Crippen LogP contribution in [0.5, 0.6) is 0 Å². The van der Waals surface area contributed by atoms with E-state index in [4.69, 9.17) is 16.3 Å². The van der Waals surface area contributed by atoms with Gasteiger partial charge in [0, 0.05) is 59.8 Å². The van der Waals surface area contributed by atoms with Crippen LogP contribution >= 0.6 is 22.9 Å². The van der Waals surface area contributed by atoms with Gasteiger partial charge in [0.15, 0.2) is 0 Å². The van der Waals surface area contributed by atoms with Gasteiger partial charge in [0.2, 0.25) is 11.8 Å². The Hall–Kier alpha value is -1.89. The van der Waals surface area contributed by atoms with Crippen molar-refractivity contribution < 1.29 is 14.3 Å². The summed E-state index contributed by atoms with van der Waals surface area (Å²) in [6, 6.07) is 7.95. The highest BCUT2D eigenvalue weighted by molar-refractivity contribution is 7.20. The number of piperidine rings is 1. The van der Waals surface area contributed by atoms with Crippen LogP contribution in [-0.2, 0) is 14.3 Å². The van der Waals surface area contributed by atoms with E-state index in [-0.39, 0.29) is 17.7 Å². The first kappa shape index (κ1) is 21.8. The molecule has 1 aromatic carbocycles. The predicted molar refractivity (Wildman–Crippen MR) is 119 cm³/mol. The predicted octanol–water partition coefficient (Wildman–Crippen LogP) is 4.35. The number of ether oxygens (including phenoxy) is 1. The topological polar surface area (TPSA) is 58.6 Å². The number of nitrogens with zero attached hydrogens (tertiary/aromatic N) is 1. The van der Waals surface area contributed by atoms with Gasteiger partial charge in [0.25, 0.3) is 0 Å². The van der Waals surface area contributed by atoms with Gasteiger partial charge in [-0.1, -0.05) is 29.8 Å². The molecule has 0 unspecified atom stereocenters. The Morgan fingerprint density at radius 3 is 2.79 bits per heavy atom. The highest BCUT2D eigenvalue weighted by Gasteiger charge is 2.26. The summed E-state index contributed by atoms with van der Waals surface area (Å²) in [6.45, 7) is 5.15. The van der Waals surface area contributed by atoms with Crippen LogP contribution in [0.25, 0.3) is 16.2 Å². The second-order valence-corrected chi connectivity index (χ2v) is 8.51. The number of nitrogens with one attached hydrogen (secondary N) is 1. The molecule has 156 valence electrons. The van der Waals surface area contributed by atoms with Crippen LogP contribution < -0.4 is 5.32 Å². The summed E-state index contributed by atoms with van der Waals surface area (Å²) in [5.74, 6) is 0.0301. The zero-order chi connectivity index (χ0) is 20.6. The van der Waals surface area contributed by atoms with Crippen molar-refractivity contribution in [3.8, 4) is 0 Å². The van der Waals surface area contributed by atoms with Crippen molar-refractivity contribution >= 4 is 50.9 Å². The van der Waals surface area contributed by atoms with Gasteiger partial charge in [0.05, 0.1) is 5.02 Å². The standard InChI is InChI=1S/C22H27ClN2O3S/c1-2-28-15-5-12-24-22(27)16-10-13-25(14-11-16)20(26)9-8-19-21(23)17-6-3-4-7-18(17)29-19/h3-4,6-9,16H,2,5,10-15H2,1H3,(H,24,27). The van der Waals surface area contributed by atoms with Crippen LogP contribution in [0, 0.1) is 5.92 Å². The molecule has 7 heteroatoms. The molecule has 1 saturated heterocycles. The molecule has 3 rings (SSSR count). The van der Waals surface area contributed by atoms with Gasteiger partial charge < -0.3 is 15.0 Å². The molecule has 0 radical (unpaired) electrons. The van der Waals surface area contributed by atoms with Gasteiger partial charge in [-0.25, -0.2) is 0 Å². The van der Waals surface area contributed by atoms with Gasteiger partial charge in [-0.2, -0.15) is 0 Å². The molecule has 2 amide bonds. The molecule has 0 saturated carbocycles. The van der Waals surface area contributed by atoms with Crippen molar-refractivity contribution in [1.29, 1.82) is 0 Å². The molecule has 29 heavy (non-hydrogen) atoms. The Labute approximate surface area is 180 Å². The number of carbonyl (C=O) groups excluding carboxylic acids is 2. The second kappa shape index (κ2) is 10.8. The van der Waals surface area contributed by atoms with Crippen LogP contribution in [0.2, 0.25) is 5.02 Å². The number of carbonyl (C=O) groups is 2. The molecule has 2 heterocycles. The monoisotopic (exact) mass is 434 g/mol. The Morgan fingerprint density at radius 1 is 1.31 bits per heavy atom. The Balaban J connectivity index is 1.46. The fourth-order valence-corrected chi connectivity index (χ4v) is 4.83. The van der Waals surface area contributed by atoms with E-state index in [1.807, 2.05) is 31.2 Å². The molecule has 5 nitrogen and oxygen atoms in total. The molecular formula is C22H27ClN2O3S. The minimum Gasteiger partial charge on any atom is -0.382 e. The average Bonchev–Trinajstić information content (AvgIpc) is 3.07. The van der Waals surface area contributed by atoms with Crippen molar-refractivity contribution in [2.45, 2.75) is 26.2 Å². The normalized spacial score (nSPS) is 15.3. The first-order valence-corrected chi connectivity index (χ1v) is 11.3. The minimum absolute atomic E-state index is 0.0211. The lowest BCUT2D eigenvalue weighted by Crippen LogP contribution is -2.42. The zero-order valence-corrected chi connectivity index (χ0v) is 18.2. The number of benzene rings is 1. The minimum atomic E-state index is -0.0332. The van der Waals surface area contributed by atoms with Crippen LogP contribution in [0.3, 0.4) is 0 Å². The Morgan fingerprint density at radius 2 is 2.07 bits per heavy atom. The summed E-state index contributed by atoms with van der Waals surface area (Å²) in [5, 5.41) is 4.67. The highest BCUT2D eigenvalue weighted by Crippen LogP contribution is 2.36. The first-order chi connectivity index (χ1) is 14.1. The maximum Gasteiger partial charge on any atom is 0.246 e. The summed E-state index contributed by atoms with van der Waals surface area (Å²) in [4.78, 5) is 27.5. The number of rotatable bonds is 8. The molecule has 0 atom stereocenters. The molecule has 1 fully saturated rings. The van der Waals surface area contributed by atoms with Gasteiger partial charge >= 0.3 is 0 Å². The largest absolute Gasteiger partial charge is 0.382 e.